The fourth-order valence-electron chi connectivity index (χ4n) is 2.67. The van der Waals surface area contributed by atoms with Gasteiger partial charge in [0, 0.05) is 19.0 Å². The van der Waals surface area contributed by atoms with Crippen molar-refractivity contribution in [2.24, 2.45) is 0 Å². The monoisotopic (exact) mass is 277 g/mol. The highest BCUT2D eigenvalue weighted by Crippen LogP contribution is 2.28. The molecule has 2 rings (SSSR count). The highest BCUT2D eigenvalue weighted by Gasteiger charge is 2.23. The van der Waals surface area contributed by atoms with Gasteiger partial charge in [0.1, 0.15) is 5.75 Å². The molecule has 4 nitrogen and oxygen atoms in total. The molecule has 1 amide bonds. The van der Waals surface area contributed by atoms with Gasteiger partial charge in [0.2, 0.25) is 0 Å². The van der Waals surface area contributed by atoms with Crippen LogP contribution < -0.4 is 4.74 Å². The van der Waals surface area contributed by atoms with Crippen LogP contribution in [0.1, 0.15) is 37.7 Å². The van der Waals surface area contributed by atoms with Gasteiger partial charge in [-0.1, -0.05) is 18.6 Å². The van der Waals surface area contributed by atoms with Crippen LogP contribution in [0.5, 0.6) is 5.75 Å². The van der Waals surface area contributed by atoms with E-state index in [0.29, 0.717) is 12.5 Å². The van der Waals surface area contributed by atoms with Crippen molar-refractivity contribution >= 4 is 6.09 Å². The molecule has 0 bridgehead atoms. The van der Waals surface area contributed by atoms with Crippen molar-refractivity contribution in [1.29, 1.82) is 0 Å². The van der Waals surface area contributed by atoms with Crippen molar-refractivity contribution in [3.8, 4) is 5.75 Å². The minimum absolute atomic E-state index is 0.187. The number of rotatable bonds is 3. The van der Waals surface area contributed by atoms with Gasteiger partial charge < -0.3 is 14.4 Å². The number of likely N-dealkylation sites (tertiary alicyclic amines) is 1. The summed E-state index contributed by atoms with van der Waals surface area (Å²) in [6.07, 6.45) is 3.12. The fourth-order valence-corrected chi connectivity index (χ4v) is 2.67. The number of hydrogen-bond donors (Lipinski definition) is 0. The molecule has 1 aliphatic heterocycles. The zero-order valence-electron chi connectivity index (χ0n) is 12.3. The Labute approximate surface area is 120 Å². The molecular weight excluding hydrogens is 254 g/mol. The zero-order valence-corrected chi connectivity index (χ0v) is 12.3. The predicted molar refractivity (Wildman–Crippen MR) is 78.2 cm³/mol. The van der Waals surface area contributed by atoms with Crippen molar-refractivity contribution in [3.05, 3.63) is 29.8 Å². The maximum atomic E-state index is 11.9. The van der Waals surface area contributed by atoms with Crippen LogP contribution in [-0.2, 0) is 4.74 Å². The Kier molecular flexibility index (Phi) is 5.27. The number of nitrogens with zero attached hydrogens (tertiary/aromatic N) is 1. The molecule has 0 radical (unpaired) electrons. The molecule has 0 saturated carbocycles. The first kappa shape index (κ1) is 14.7. The van der Waals surface area contributed by atoms with E-state index in [0.717, 1.165) is 38.1 Å². The normalized spacial score (nSPS) is 19.3. The minimum Gasteiger partial charge on any atom is -0.497 e. The van der Waals surface area contributed by atoms with Crippen LogP contribution >= 0.6 is 0 Å². The Balaban J connectivity index is 2.07. The van der Waals surface area contributed by atoms with Gasteiger partial charge in [-0.05, 0) is 37.5 Å². The number of carbonyl (C=O) groups excluding carboxylic acids is 1. The van der Waals surface area contributed by atoms with Crippen molar-refractivity contribution < 1.29 is 14.3 Å². The lowest BCUT2D eigenvalue weighted by atomic mass is 9.94. The Morgan fingerprint density at radius 2 is 2.05 bits per heavy atom. The van der Waals surface area contributed by atoms with E-state index in [-0.39, 0.29) is 6.09 Å². The summed E-state index contributed by atoms with van der Waals surface area (Å²) in [5, 5.41) is 0. The number of carbonyl (C=O) groups is 1. The van der Waals surface area contributed by atoms with E-state index >= 15 is 0 Å². The molecule has 1 saturated heterocycles. The average molecular weight is 277 g/mol. The SMILES string of the molecule is CCOC(=O)N1CCCC[C@@H](c2ccc(OC)cc2)C1. The summed E-state index contributed by atoms with van der Waals surface area (Å²) in [7, 11) is 1.67. The molecule has 0 aliphatic carbocycles. The van der Waals surface area contributed by atoms with Crippen LogP contribution in [0, 0.1) is 0 Å². The van der Waals surface area contributed by atoms with Crippen molar-refractivity contribution in [2.75, 3.05) is 26.8 Å². The van der Waals surface area contributed by atoms with Crippen molar-refractivity contribution in [3.63, 3.8) is 0 Å². The van der Waals surface area contributed by atoms with Crippen molar-refractivity contribution in [1.82, 2.24) is 4.90 Å². The second kappa shape index (κ2) is 7.17. The minimum atomic E-state index is -0.187. The molecule has 0 unspecified atom stereocenters. The Morgan fingerprint density at radius 1 is 1.30 bits per heavy atom. The lowest BCUT2D eigenvalue weighted by Crippen LogP contribution is -2.34. The lowest BCUT2D eigenvalue weighted by molar-refractivity contribution is 0.107. The number of methoxy groups -OCH3 is 1. The average Bonchev–Trinajstić information content (AvgIpc) is 2.74. The van der Waals surface area contributed by atoms with E-state index in [4.69, 9.17) is 9.47 Å². The lowest BCUT2D eigenvalue weighted by Gasteiger charge is -2.24. The summed E-state index contributed by atoms with van der Waals surface area (Å²) in [5.74, 6) is 1.25. The van der Waals surface area contributed by atoms with E-state index in [1.807, 2.05) is 24.0 Å². The van der Waals surface area contributed by atoms with Gasteiger partial charge in [-0.2, -0.15) is 0 Å². The maximum Gasteiger partial charge on any atom is 0.409 e. The van der Waals surface area contributed by atoms with Crippen molar-refractivity contribution in [2.45, 2.75) is 32.1 Å². The Morgan fingerprint density at radius 3 is 2.70 bits per heavy atom. The number of amides is 1. The van der Waals surface area contributed by atoms with Crippen LogP contribution in [0.3, 0.4) is 0 Å². The molecular formula is C16H23NO3. The molecule has 0 spiro atoms. The third kappa shape index (κ3) is 3.65. The second-order valence-electron chi connectivity index (χ2n) is 5.11. The van der Waals surface area contributed by atoms with E-state index in [9.17, 15) is 4.79 Å². The topological polar surface area (TPSA) is 38.8 Å². The second-order valence-corrected chi connectivity index (χ2v) is 5.11. The van der Waals surface area contributed by atoms with Gasteiger partial charge in [0.25, 0.3) is 0 Å². The van der Waals surface area contributed by atoms with E-state index in [2.05, 4.69) is 12.1 Å². The first-order chi connectivity index (χ1) is 9.74. The third-order valence-electron chi connectivity index (χ3n) is 3.78. The van der Waals surface area contributed by atoms with Crippen LogP contribution in [0.25, 0.3) is 0 Å². The maximum absolute atomic E-state index is 11.9. The van der Waals surface area contributed by atoms with Crippen LogP contribution in [0.2, 0.25) is 0 Å². The molecule has 1 aromatic rings. The summed E-state index contributed by atoms with van der Waals surface area (Å²) in [6.45, 7) is 3.82. The van der Waals surface area contributed by atoms with E-state index in [1.165, 1.54) is 5.56 Å². The summed E-state index contributed by atoms with van der Waals surface area (Å²) in [4.78, 5) is 13.8. The molecule has 0 aromatic heterocycles. The van der Waals surface area contributed by atoms with Crippen LogP contribution in [0.15, 0.2) is 24.3 Å². The summed E-state index contributed by atoms with van der Waals surface area (Å²) >= 11 is 0. The molecule has 1 fully saturated rings. The Bertz CT molecular complexity index is 430. The number of benzene rings is 1. The molecule has 110 valence electrons. The Hall–Kier alpha value is -1.71. The number of ether oxygens (including phenoxy) is 2. The van der Waals surface area contributed by atoms with Gasteiger partial charge in [-0.25, -0.2) is 4.79 Å². The zero-order chi connectivity index (χ0) is 14.4. The third-order valence-corrected chi connectivity index (χ3v) is 3.78. The fraction of sp³-hybridized carbons (Fsp3) is 0.562. The quantitative estimate of drug-likeness (QED) is 0.849. The van der Waals surface area contributed by atoms with Gasteiger partial charge >= 0.3 is 6.09 Å². The highest BCUT2D eigenvalue weighted by molar-refractivity contribution is 5.67. The van der Waals surface area contributed by atoms with Crippen LogP contribution in [-0.4, -0.2) is 37.8 Å². The molecule has 1 aliphatic rings. The van der Waals surface area contributed by atoms with E-state index in [1.54, 1.807) is 7.11 Å². The highest BCUT2D eigenvalue weighted by atomic mass is 16.6. The first-order valence-corrected chi connectivity index (χ1v) is 7.30. The molecule has 0 N–H and O–H groups in total. The first-order valence-electron chi connectivity index (χ1n) is 7.30. The largest absolute Gasteiger partial charge is 0.497 e. The summed E-state index contributed by atoms with van der Waals surface area (Å²) in [6, 6.07) is 8.15. The van der Waals surface area contributed by atoms with Gasteiger partial charge in [-0.3, -0.25) is 0 Å². The molecule has 4 heteroatoms. The number of hydrogen-bond acceptors (Lipinski definition) is 3. The molecule has 1 atom stereocenters. The summed E-state index contributed by atoms with van der Waals surface area (Å²) < 4.78 is 10.3. The van der Waals surface area contributed by atoms with Crippen LogP contribution in [0.4, 0.5) is 4.79 Å². The molecule has 1 aromatic carbocycles. The molecule has 20 heavy (non-hydrogen) atoms. The smallest absolute Gasteiger partial charge is 0.409 e. The predicted octanol–water partition coefficient (Wildman–Crippen LogP) is 3.42. The molecule has 1 heterocycles. The standard InChI is InChI=1S/C16H23NO3/c1-3-20-16(18)17-11-5-4-6-14(12-17)13-7-9-15(19-2)10-8-13/h7-10,14H,3-6,11-12H2,1-2H3/t14-/m1/s1. The van der Waals surface area contributed by atoms with Gasteiger partial charge in [0.05, 0.1) is 13.7 Å². The van der Waals surface area contributed by atoms with Gasteiger partial charge in [-0.15, -0.1) is 0 Å². The van der Waals surface area contributed by atoms with Gasteiger partial charge in [0.15, 0.2) is 0 Å². The summed E-state index contributed by atoms with van der Waals surface area (Å²) in [5.41, 5.74) is 1.27. The van der Waals surface area contributed by atoms with E-state index < -0.39 is 0 Å².